The average molecular weight is 617 g/mol. The molecule has 1 aliphatic heterocycles. The van der Waals surface area contributed by atoms with E-state index in [4.69, 9.17) is 18.7 Å². The minimum absolute atomic E-state index is 0.0910. The minimum atomic E-state index is -4.01. The monoisotopic (exact) mass is 616 g/mol. The fourth-order valence-electron chi connectivity index (χ4n) is 5.10. The highest BCUT2D eigenvalue weighted by Crippen LogP contribution is 2.51. The summed E-state index contributed by atoms with van der Waals surface area (Å²) in [6, 6.07) is 1.23. The van der Waals surface area contributed by atoms with Gasteiger partial charge in [-0.05, 0) is 20.3 Å². The zero-order valence-corrected chi connectivity index (χ0v) is 27.5. The van der Waals surface area contributed by atoms with Crippen molar-refractivity contribution in [3.63, 3.8) is 0 Å². The van der Waals surface area contributed by atoms with Crippen LogP contribution < -0.4 is 11.2 Å². The molecule has 0 saturated carbocycles. The first-order valence-corrected chi connectivity index (χ1v) is 17.9. The molecule has 1 aromatic heterocycles. The van der Waals surface area contributed by atoms with Crippen molar-refractivity contribution in [2.45, 2.75) is 161 Å². The third kappa shape index (κ3) is 13.1. The zero-order valence-electron chi connectivity index (χ0n) is 26.6. The molecule has 5 atom stereocenters. The number of nitrogens with one attached hydrogen (secondary N) is 1. The maximum absolute atomic E-state index is 12.9. The second kappa shape index (κ2) is 19.9. The van der Waals surface area contributed by atoms with Crippen LogP contribution in [-0.4, -0.2) is 57.7 Å². The first-order valence-electron chi connectivity index (χ1n) is 16.3. The van der Waals surface area contributed by atoms with Crippen molar-refractivity contribution in [2.24, 2.45) is 0 Å². The Morgan fingerprint density at radius 2 is 1.45 bits per heavy atom. The molecule has 11 heteroatoms. The predicted octanol–water partition coefficient (Wildman–Crippen LogP) is 6.70. The van der Waals surface area contributed by atoms with Crippen LogP contribution in [-0.2, 0) is 23.3 Å². The molecular weight excluding hydrogens is 559 g/mol. The maximum Gasteiger partial charge on any atom is 0.331 e. The van der Waals surface area contributed by atoms with Crippen LogP contribution in [0.25, 0.3) is 0 Å². The lowest BCUT2D eigenvalue weighted by Crippen LogP contribution is -2.41. The van der Waals surface area contributed by atoms with Gasteiger partial charge in [0.1, 0.15) is 18.3 Å². The van der Waals surface area contributed by atoms with Crippen LogP contribution >= 0.6 is 7.60 Å². The lowest BCUT2D eigenvalue weighted by Gasteiger charge is -2.28. The van der Waals surface area contributed by atoms with E-state index in [9.17, 15) is 19.0 Å². The standard InChI is InChI=1S/C31H57N2O8P/c1-6-7-8-9-10-11-12-13-14-15-16-17-18-19-22-38-29-28(41-42(36,37)25(4)5)26(23-39-24(2)3)40-30(29)33-21-20-27(34)32-31(33)35/h20-21,24-26,28-30H,6-19,22-23H2,1-5H3,(H,36,37)(H,32,34,35)/t26-,28+,29+,30-/m1/s1. The van der Waals surface area contributed by atoms with Crippen molar-refractivity contribution in [1.29, 1.82) is 0 Å². The molecule has 0 radical (unpaired) electrons. The van der Waals surface area contributed by atoms with Crippen molar-refractivity contribution in [2.75, 3.05) is 13.2 Å². The van der Waals surface area contributed by atoms with Crippen LogP contribution in [0.3, 0.4) is 0 Å². The molecule has 1 aliphatic rings. The third-order valence-electron chi connectivity index (χ3n) is 7.74. The van der Waals surface area contributed by atoms with E-state index in [1.165, 1.54) is 87.5 Å². The fourth-order valence-corrected chi connectivity index (χ4v) is 5.95. The van der Waals surface area contributed by atoms with Crippen molar-refractivity contribution in [3.8, 4) is 0 Å². The Bertz CT molecular complexity index is 1030. The van der Waals surface area contributed by atoms with Gasteiger partial charge in [-0.15, -0.1) is 0 Å². The van der Waals surface area contributed by atoms with Gasteiger partial charge in [-0.25, -0.2) is 4.79 Å². The minimum Gasteiger partial charge on any atom is -0.376 e. The summed E-state index contributed by atoms with van der Waals surface area (Å²) in [6.45, 7) is 9.72. The second-order valence-electron chi connectivity index (χ2n) is 12.1. The Hall–Kier alpha value is -1.29. The van der Waals surface area contributed by atoms with Gasteiger partial charge in [0, 0.05) is 18.9 Å². The smallest absolute Gasteiger partial charge is 0.331 e. The molecule has 0 amide bonds. The first-order chi connectivity index (χ1) is 20.1. The number of hydrogen-bond donors (Lipinski definition) is 2. The number of unbranched alkanes of at least 4 members (excludes halogenated alkanes) is 13. The molecule has 244 valence electrons. The zero-order chi connectivity index (χ0) is 31.0. The van der Waals surface area contributed by atoms with E-state index in [1.807, 2.05) is 13.8 Å². The molecule has 0 bridgehead atoms. The Kier molecular flexibility index (Phi) is 17.5. The summed E-state index contributed by atoms with van der Waals surface area (Å²) in [5, 5.41) is 0. The summed E-state index contributed by atoms with van der Waals surface area (Å²) in [4.78, 5) is 37.2. The number of aromatic nitrogens is 2. The normalized spacial score (nSPS) is 22.3. The van der Waals surface area contributed by atoms with Crippen LogP contribution in [0.1, 0.15) is 131 Å². The molecule has 0 aromatic carbocycles. The van der Waals surface area contributed by atoms with Gasteiger partial charge < -0.3 is 19.1 Å². The molecule has 2 N–H and O–H groups in total. The Morgan fingerprint density at radius 1 is 0.905 bits per heavy atom. The van der Waals surface area contributed by atoms with Gasteiger partial charge in [0.25, 0.3) is 5.56 Å². The number of aromatic amines is 1. The first kappa shape index (κ1) is 36.9. The molecule has 1 fully saturated rings. The van der Waals surface area contributed by atoms with Gasteiger partial charge in [-0.1, -0.05) is 104 Å². The Balaban J connectivity index is 1.91. The number of hydrogen-bond acceptors (Lipinski definition) is 7. The third-order valence-corrected chi connectivity index (χ3v) is 9.59. The fraction of sp³-hybridized carbons (Fsp3) is 0.871. The van der Waals surface area contributed by atoms with Crippen molar-refractivity contribution in [1.82, 2.24) is 9.55 Å². The van der Waals surface area contributed by atoms with Crippen LogP contribution in [0.15, 0.2) is 21.9 Å². The largest absolute Gasteiger partial charge is 0.376 e. The maximum atomic E-state index is 12.9. The topological polar surface area (TPSA) is 129 Å². The van der Waals surface area contributed by atoms with Gasteiger partial charge in [0.05, 0.1) is 18.4 Å². The van der Waals surface area contributed by atoms with E-state index < -0.39 is 49.0 Å². The molecule has 0 spiro atoms. The van der Waals surface area contributed by atoms with Crippen LogP contribution in [0.4, 0.5) is 0 Å². The highest BCUT2D eigenvalue weighted by molar-refractivity contribution is 7.53. The quantitative estimate of drug-likeness (QED) is 0.103. The highest BCUT2D eigenvalue weighted by Gasteiger charge is 2.50. The molecular formula is C31H57N2O8P. The van der Waals surface area contributed by atoms with Crippen molar-refractivity contribution < 1.29 is 28.2 Å². The van der Waals surface area contributed by atoms with Crippen LogP contribution in [0.2, 0.25) is 0 Å². The van der Waals surface area contributed by atoms with Crippen LogP contribution in [0, 0.1) is 0 Å². The van der Waals surface area contributed by atoms with Crippen molar-refractivity contribution in [3.05, 3.63) is 33.1 Å². The Labute approximate surface area is 252 Å². The molecule has 1 saturated heterocycles. The molecule has 2 rings (SSSR count). The molecule has 10 nitrogen and oxygen atoms in total. The molecule has 1 unspecified atom stereocenters. The summed E-state index contributed by atoms with van der Waals surface area (Å²) < 4.78 is 38.2. The number of H-pyrrole nitrogens is 1. The second-order valence-corrected chi connectivity index (χ2v) is 14.5. The van der Waals surface area contributed by atoms with E-state index in [2.05, 4.69) is 11.9 Å². The predicted molar refractivity (Wildman–Crippen MR) is 166 cm³/mol. The summed E-state index contributed by atoms with van der Waals surface area (Å²) in [6.07, 6.45) is 15.2. The van der Waals surface area contributed by atoms with E-state index in [0.29, 0.717) is 6.61 Å². The molecule has 1 aromatic rings. The van der Waals surface area contributed by atoms with E-state index in [0.717, 1.165) is 19.3 Å². The van der Waals surface area contributed by atoms with E-state index >= 15 is 0 Å². The molecule has 2 heterocycles. The van der Waals surface area contributed by atoms with Gasteiger partial charge in [-0.2, -0.15) is 0 Å². The van der Waals surface area contributed by atoms with Crippen LogP contribution in [0.5, 0.6) is 0 Å². The lowest BCUT2D eigenvalue weighted by molar-refractivity contribution is -0.0848. The molecule has 42 heavy (non-hydrogen) atoms. The van der Waals surface area contributed by atoms with Crippen molar-refractivity contribution >= 4 is 7.60 Å². The summed E-state index contributed by atoms with van der Waals surface area (Å²) in [7, 11) is -4.01. The van der Waals surface area contributed by atoms with E-state index in [-0.39, 0.29) is 12.7 Å². The highest BCUT2D eigenvalue weighted by atomic mass is 31.2. The number of nitrogens with zero attached hydrogens (tertiary/aromatic N) is 1. The summed E-state index contributed by atoms with van der Waals surface area (Å²) in [5.74, 6) is 0. The number of ether oxygens (including phenoxy) is 3. The summed E-state index contributed by atoms with van der Waals surface area (Å²) in [5.41, 5.74) is -1.82. The number of rotatable bonds is 23. The lowest BCUT2D eigenvalue weighted by atomic mass is 10.0. The van der Waals surface area contributed by atoms with Gasteiger partial charge in [0.15, 0.2) is 6.23 Å². The Morgan fingerprint density at radius 3 is 1.95 bits per heavy atom. The summed E-state index contributed by atoms with van der Waals surface area (Å²) >= 11 is 0. The van der Waals surface area contributed by atoms with E-state index in [1.54, 1.807) is 13.8 Å². The average Bonchev–Trinajstić information content (AvgIpc) is 3.25. The van der Waals surface area contributed by atoms with Gasteiger partial charge in [0.2, 0.25) is 0 Å². The SMILES string of the molecule is CCCCCCCCCCCCCCCCO[C@H]1[C@@H](OP(=O)(O)C(C)C)[C@@H](COC(C)C)O[C@H]1n1ccc(=O)[nH]c1=O. The molecule has 0 aliphatic carbocycles. The van der Waals surface area contributed by atoms with Gasteiger partial charge >= 0.3 is 13.3 Å². The van der Waals surface area contributed by atoms with Gasteiger partial charge in [-0.3, -0.25) is 23.4 Å².